The van der Waals surface area contributed by atoms with Gasteiger partial charge >= 0.3 is 0 Å². The van der Waals surface area contributed by atoms with Crippen molar-refractivity contribution in [3.8, 4) is 6.07 Å². The van der Waals surface area contributed by atoms with Gasteiger partial charge in [0.2, 0.25) is 5.24 Å². The maximum atomic E-state index is 10.7. The van der Waals surface area contributed by atoms with Gasteiger partial charge in [0.25, 0.3) is 0 Å². The summed E-state index contributed by atoms with van der Waals surface area (Å²) in [5.41, 5.74) is 0.896. The first-order valence-corrected chi connectivity index (χ1v) is 3.91. The van der Waals surface area contributed by atoms with Gasteiger partial charge in [-0.2, -0.15) is 5.26 Å². The predicted molar refractivity (Wildman–Crippen MR) is 41.9 cm³/mol. The normalized spacial score (nSPS) is 26.9. The van der Waals surface area contributed by atoms with Crippen LogP contribution in [0.5, 0.6) is 0 Å². The highest BCUT2D eigenvalue weighted by Gasteiger charge is 2.25. The van der Waals surface area contributed by atoms with Crippen molar-refractivity contribution in [3.05, 3.63) is 11.6 Å². The van der Waals surface area contributed by atoms with Gasteiger partial charge in [-0.25, -0.2) is 0 Å². The van der Waals surface area contributed by atoms with Crippen molar-refractivity contribution in [2.24, 2.45) is 5.92 Å². The van der Waals surface area contributed by atoms with Crippen molar-refractivity contribution in [1.82, 2.24) is 0 Å². The fourth-order valence-corrected chi connectivity index (χ4v) is 1.63. The number of hydrogen-bond donors (Lipinski definition) is 0. The number of nitriles is 1. The maximum absolute atomic E-state index is 10.7. The van der Waals surface area contributed by atoms with Gasteiger partial charge in [0, 0.05) is 6.08 Å². The van der Waals surface area contributed by atoms with Crippen molar-refractivity contribution < 1.29 is 4.79 Å². The smallest absolute Gasteiger partial charge is 0.228 e. The Morgan fingerprint density at radius 1 is 1.82 bits per heavy atom. The molecule has 1 rings (SSSR count). The van der Waals surface area contributed by atoms with E-state index in [-0.39, 0.29) is 11.2 Å². The SMILES string of the molecule is N#CC=C1CCCC1C(=O)Cl. The van der Waals surface area contributed by atoms with Crippen LogP contribution in [0.25, 0.3) is 0 Å². The average Bonchev–Trinajstić information content (AvgIpc) is 2.36. The summed E-state index contributed by atoms with van der Waals surface area (Å²) in [5, 5.41) is 8.02. The van der Waals surface area contributed by atoms with Crippen LogP contribution in [0.4, 0.5) is 0 Å². The highest BCUT2D eigenvalue weighted by atomic mass is 35.5. The topological polar surface area (TPSA) is 40.9 Å². The van der Waals surface area contributed by atoms with E-state index in [1.165, 1.54) is 6.08 Å². The summed E-state index contributed by atoms with van der Waals surface area (Å²) >= 11 is 5.33. The van der Waals surface area contributed by atoms with E-state index in [9.17, 15) is 4.79 Å². The second-order valence-electron chi connectivity index (χ2n) is 2.60. The Morgan fingerprint density at radius 3 is 3.09 bits per heavy atom. The van der Waals surface area contributed by atoms with Crippen LogP contribution in [-0.4, -0.2) is 5.24 Å². The second kappa shape index (κ2) is 3.54. The van der Waals surface area contributed by atoms with E-state index in [1.807, 2.05) is 6.07 Å². The number of carbonyl (C=O) groups is 1. The minimum atomic E-state index is -0.330. The molecule has 0 spiro atoms. The van der Waals surface area contributed by atoms with Crippen LogP contribution in [0, 0.1) is 17.2 Å². The first kappa shape index (κ1) is 8.29. The number of allylic oxidation sites excluding steroid dienone is 2. The molecule has 1 atom stereocenters. The molecule has 1 unspecified atom stereocenters. The van der Waals surface area contributed by atoms with Gasteiger partial charge < -0.3 is 0 Å². The molecule has 0 N–H and O–H groups in total. The molecule has 0 bridgehead atoms. The summed E-state index contributed by atoms with van der Waals surface area (Å²) in [6.07, 6.45) is 4.06. The lowest BCUT2D eigenvalue weighted by molar-refractivity contribution is -0.114. The van der Waals surface area contributed by atoms with Crippen LogP contribution >= 0.6 is 11.6 Å². The molecule has 0 aromatic heterocycles. The Balaban J connectivity index is 2.75. The van der Waals surface area contributed by atoms with E-state index in [4.69, 9.17) is 16.9 Å². The predicted octanol–water partition coefficient (Wildman–Crippen LogP) is 2.00. The fourth-order valence-electron chi connectivity index (χ4n) is 1.38. The lowest BCUT2D eigenvalue weighted by Crippen LogP contribution is -2.04. The van der Waals surface area contributed by atoms with Crippen molar-refractivity contribution in [3.63, 3.8) is 0 Å². The molecular formula is C8H8ClNO. The molecule has 3 heteroatoms. The Bertz CT molecular complexity index is 239. The number of halogens is 1. The molecule has 0 amide bonds. The molecule has 0 heterocycles. The van der Waals surface area contributed by atoms with E-state index in [0.717, 1.165) is 24.8 Å². The largest absolute Gasteiger partial charge is 0.281 e. The number of rotatable bonds is 1. The van der Waals surface area contributed by atoms with Gasteiger partial charge in [-0.3, -0.25) is 4.79 Å². The van der Waals surface area contributed by atoms with Crippen molar-refractivity contribution in [2.75, 3.05) is 0 Å². The third kappa shape index (κ3) is 1.81. The molecule has 11 heavy (non-hydrogen) atoms. The molecule has 58 valence electrons. The minimum absolute atomic E-state index is 0.184. The lowest BCUT2D eigenvalue weighted by atomic mass is 10.0. The molecule has 0 saturated heterocycles. The molecule has 1 fully saturated rings. The van der Waals surface area contributed by atoms with Gasteiger partial charge in [-0.1, -0.05) is 0 Å². The molecule has 1 aliphatic rings. The summed E-state index contributed by atoms with van der Waals surface area (Å²) in [4.78, 5) is 10.7. The summed E-state index contributed by atoms with van der Waals surface area (Å²) < 4.78 is 0. The minimum Gasteiger partial charge on any atom is -0.281 e. The Labute approximate surface area is 70.5 Å². The second-order valence-corrected chi connectivity index (χ2v) is 2.97. The van der Waals surface area contributed by atoms with Crippen LogP contribution in [0.2, 0.25) is 0 Å². The summed E-state index contributed by atoms with van der Waals surface area (Å²) in [6, 6.07) is 1.92. The number of nitrogens with zero attached hydrogens (tertiary/aromatic N) is 1. The third-order valence-electron chi connectivity index (χ3n) is 1.93. The highest BCUT2D eigenvalue weighted by Crippen LogP contribution is 2.32. The number of hydrogen-bond acceptors (Lipinski definition) is 2. The zero-order valence-electron chi connectivity index (χ0n) is 6.01. The quantitative estimate of drug-likeness (QED) is 0.445. The molecule has 2 nitrogen and oxygen atoms in total. The van der Waals surface area contributed by atoms with Crippen LogP contribution in [0.3, 0.4) is 0 Å². The molecule has 1 aliphatic carbocycles. The molecule has 0 aliphatic heterocycles. The zero-order chi connectivity index (χ0) is 8.27. The molecule has 1 saturated carbocycles. The van der Waals surface area contributed by atoms with Crippen LogP contribution in [0.1, 0.15) is 19.3 Å². The van der Waals surface area contributed by atoms with Gasteiger partial charge in [0.1, 0.15) is 0 Å². The van der Waals surface area contributed by atoms with Crippen molar-refractivity contribution in [2.45, 2.75) is 19.3 Å². The van der Waals surface area contributed by atoms with Crippen molar-refractivity contribution in [1.29, 1.82) is 5.26 Å². The Kier molecular flexibility index (Phi) is 2.67. The first-order chi connectivity index (χ1) is 5.25. The van der Waals surface area contributed by atoms with Crippen molar-refractivity contribution >= 4 is 16.8 Å². The molecule has 0 aromatic rings. The Morgan fingerprint density at radius 2 is 2.55 bits per heavy atom. The van der Waals surface area contributed by atoms with E-state index in [1.54, 1.807) is 0 Å². The van der Waals surface area contributed by atoms with E-state index in [0.29, 0.717) is 0 Å². The average molecular weight is 170 g/mol. The molecular weight excluding hydrogens is 162 g/mol. The van der Waals surface area contributed by atoms with E-state index < -0.39 is 0 Å². The van der Waals surface area contributed by atoms with Gasteiger partial charge in [0.05, 0.1) is 12.0 Å². The first-order valence-electron chi connectivity index (χ1n) is 3.53. The van der Waals surface area contributed by atoms with Crippen LogP contribution in [-0.2, 0) is 4.79 Å². The summed E-state index contributed by atoms with van der Waals surface area (Å²) in [5.74, 6) is -0.184. The monoisotopic (exact) mass is 169 g/mol. The summed E-state index contributed by atoms with van der Waals surface area (Å²) in [6.45, 7) is 0. The molecule has 0 radical (unpaired) electrons. The van der Waals surface area contributed by atoms with Gasteiger partial charge in [-0.15, -0.1) is 0 Å². The standard InChI is InChI=1S/C8H8ClNO/c9-8(11)7-3-1-2-6(7)4-5-10/h4,7H,1-3H2. The zero-order valence-corrected chi connectivity index (χ0v) is 6.77. The Hall–Kier alpha value is -0.810. The maximum Gasteiger partial charge on any atom is 0.228 e. The summed E-state index contributed by atoms with van der Waals surface area (Å²) in [7, 11) is 0. The van der Waals surface area contributed by atoms with Crippen LogP contribution < -0.4 is 0 Å². The highest BCUT2D eigenvalue weighted by molar-refractivity contribution is 6.64. The molecule has 0 aromatic carbocycles. The van der Waals surface area contributed by atoms with Crippen LogP contribution in [0.15, 0.2) is 11.6 Å². The van der Waals surface area contributed by atoms with E-state index in [2.05, 4.69) is 0 Å². The van der Waals surface area contributed by atoms with Gasteiger partial charge in [-0.05, 0) is 36.4 Å². The number of carbonyl (C=O) groups excluding carboxylic acids is 1. The fraction of sp³-hybridized carbons (Fsp3) is 0.500. The van der Waals surface area contributed by atoms with Gasteiger partial charge in [0.15, 0.2) is 0 Å². The third-order valence-corrected chi connectivity index (χ3v) is 2.19. The van der Waals surface area contributed by atoms with E-state index >= 15 is 0 Å². The lowest BCUT2D eigenvalue weighted by Gasteiger charge is -2.02.